The molecule has 6 heteroatoms. The smallest absolute Gasteiger partial charge is 0.373 e. The van der Waals surface area contributed by atoms with E-state index in [2.05, 4.69) is 9.97 Å². The van der Waals surface area contributed by atoms with E-state index in [1.54, 1.807) is 0 Å². The van der Waals surface area contributed by atoms with Crippen molar-refractivity contribution in [3.63, 3.8) is 0 Å². The minimum absolute atomic E-state index is 0.0123. The van der Waals surface area contributed by atoms with Gasteiger partial charge in [0.05, 0.1) is 0 Å². The van der Waals surface area contributed by atoms with Crippen LogP contribution in [0.3, 0.4) is 0 Å². The SMILES string of the molecule is CCC(C)c1cnc(C(=O)O)nc1C(N)=O. The average Bonchev–Trinajstić information content (AvgIpc) is 2.26. The van der Waals surface area contributed by atoms with Crippen LogP contribution in [0.2, 0.25) is 0 Å². The second-order valence-electron chi connectivity index (χ2n) is 3.48. The van der Waals surface area contributed by atoms with Gasteiger partial charge >= 0.3 is 5.97 Å². The number of carbonyl (C=O) groups is 2. The molecule has 0 saturated carbocycles. The van der Waals surface area contributed by atoms with Crippen molar-refractivity contribution in [2.45, 2.75) is 26.2 Å². The van der Waals surface area contributed by atoms with E-state index >= 15 is 0 Å². The van der Waals surface area contributed by atoms with Crippen molar-refractivity contribution in [3.05, 3.63) is 23.3 Å². The lowest BCUT2D eigenvalue weighted by Crippen LogP contribution is -2.20. The number of nitrogens with zero attached hydrogens (tertiary/aromatic N) is 2. The lowest BCUT2D eigenvalue weighted by molar-refractivity contribution is 0.0683. The summed E-state index contributed by atoms with van der Waals surface area (Å²) in [4.78, 5) is 29.1. The summed E-state index contributed by atoms with van der Waals surface area (Å²) in [7, 11) is 0. The van der Waals surface area contributed by atoms with E-state index in [0.29, 0.717) is 5.56 Å². The number of aromatic nitrogens is 2. The summed E-state index contributed by atoms with van der Waals surface area (Å²) >= 11 is 0. The summed E-state index contributed by atoms with van der Waals surface area (Å²) in [6, 6.07) is 0. The maximum atomic E-state index is 11.2. The number of nitrogens with two attached hydrogens (primary N) is 1. The number of aromatic carboxylic acids is 1. The van der Waals surface area contributed by atoms with Crippen molar-refractivity contribution in [2.75, 3.05) is 0 Å². The number of amides is 1. The zero-order valence-electron chi connectivity index (χ0n) is 9.10. The first kappa shape index (κ1) is 12.1. The summed E-state index contributed by atoms with van der Waals surface area (Å²) in [5, 5.41) is 8.70. The fourth-order valence-corrected chi connectivity index (χ4v) is 1.27. The molecule has 1 aromatic heterocycles. The van der Waals surface area contributed by atoms with Gasteiger partial charge in [-0.2, -0.15) is 0 Å². The topological polar surface area (TPSA) is 106 Å². The minimum atomic E-state index is -1.28. The van der Waals surface area contributed by atoms with E-state index in [4.69, 9.17) is 10.8 Å². The van der Waals surface area contributed by atoms with Crippen molar-refractivity contribution >= 4 is 11.9 Å². The van der Waals surface area contributed by atoms with Gasteiger partial charge in [0.25, 0.3) is 5.91 Å². The highest BCUT2D eigenvalue weighted by molar-refractivity contribution is 5.93. The lowest BCUT2D eigenvalue weighted by atomic mass is 9.98. The van der Waals surface area contributed by atoms with Gasteiger partial charge in [-0.1, -0.05) is 13.8 Å². The Kier molecular flexibility index (Phi) is 3.55. The highest BCUT2D eigenvalue weighted by Crippen LogP contribution is 2.20. The third kappa shape index (κ3) is 2.33. The molecule has 0 aliphatic carbocycles. The molecule has 0 bridgehead atoms. The molecule has 1 aromatic rings. The fourth-order valence-electron chi connectivity index (χ4n) is 1.27. The maximum Gasteiger partial charge on any atom is 0.373 e. The van der Waals surface area contributed by atoms with Gasteiger partial charge < -0.3 is 10.8 Å². The summed E-state index contributed by atoms with van der Waals surface area (Å²) in [5.41, 5.74) is 5.73. The molecule has 1 heterocycles. The molecule has 1 rings (SSSR count). The first-order valence-corrected chi connectivity index (χ1v) is 4.87. The maximum absolute atomic E-state index is 11.2. The molecular weight excluding hydrogens is 210 g/mol. The monoisotopic (exact) mass is 223 g/mol. The van der Waals surface area contributed by atoms with Gasteiger partial charge in [-0.15, -0.1) is 0 Å². The molecular formula is C10H13N3O3. The van der Waals surface area contributed by atoms with E-state index in [1.807, 2.05) is 13.8 Å². The van der Waals surface area contributed by atoms with Crippen LogP contribution < -0.4 is 5.73 Å². The lowest BCUT2D eigenvalue weighted by Gasteiger charge is -2.11. The van der Waals surface area contributed by atoms with Crippen LogP contribution in [0.1, 0.15) is 52.9 Å². The highest BCUT2D eigenvalue weighted by atomic mass is 16.4. The van der Waals surface area contributed by atoms with Crippen LogP contribution in [0.25, 0.3) is 0 Å². The second-order valence-corrected chi connectivity index (χ2v) is 3.48. The Labute approximate surface area is 92.5 Å². The Hall–Kier alpha value is -1.98. The summed E-state index contributed by atoms with van der Waals surface area (Å²) in [6.07, 6.45) is 2.14. The molecule has 1 unspecified atom stereocenters. The quantitative estimate of drug-likeness (QED) is 0.784. The van der Waals surface area contributed by atoms with Crippen molar-refractivity contribution in [3.8, 4) is 0 Å². The molecule has 1 amide bonds. The largest absolute Gasteiger partial charge is 0.475 e. The van der Waals surface area contributed by atoms with Gasteiger partial charge in [0.15, 0.2) is 0 Å². The predicted molar refractivity (Wildman–Crippen MR) is 56.2 cm³/mol. The van der Waals surface area contributed by atoms with Gasteiger partial charge in [-0.25, -0.2) is 14.8 Å². The molecule has 0 fully saturated rings. The van der Waals surface area contributed by atoms with E-state index in [1.165, 1.54) is 6.20 Å². The van der Waals surface area contributed by atoms with Crippen LogP contribution in [-0.4, -0.2) is 27.0 Å². The van der Waals surface area contributed by atoms with Crippen LogP contribution in [0.15, 0.2) is 6.20 Å². The molecule has 0 aliphatic rings. The van der Waals surface area contributed by atoms with Gasteiger partial charge in [0, 0.05) is 11.8 Å². The third-order valence-electron chi connectivity index (χ3n) is 2.39. The van der Waals surface area contributed by atoms with Gasteiger partial charge in [-0.3, -0.25) is 4.79 Å². The van der Waals surface area contributed by atoms with Gasteiger partial charge in [-0.05, 0) is 12.3 Å². The predicted octanol–water partition coefficient (Wildman–Crippen LogP) is 0.787. The third-order valence-corrected chi connectivity index (χ3v) is 2.39. The zero-order chi connectivity index (χ0) is 12.3. The summed E-state index contributed by atoms with van der Waals surface area (Å²) in [6.45, 7) is 3.84. The molecule has 0 spiro atoms. The molecule has 0 saturated heterocycles. The van der Waals surface area contributed by atoms with Crippen molar-refractivity contribution in [1.82, 2.24) is 9.97 Å². The molecule has 3 N–H and O–H groups in total. The summed E-state index contributed by atoms with van der Waals surface area (Å²) < 4.78 is 0. The molecule has 16 heavy (non-hydrogen) atoms. The fraction of sp³-hybridized carbons (Fsp3) is 0.400. The first-order valence-electron chi connectivity index (χ1n) is 4.87. The number of primary amides is 1. The van der Waals surface area contributed by atoms with Crippen LogP contribution in [0, 0.1) is 0 Å². The van der Waals surface area contributed by atoms with Gasteiger partial charge in [0.2, 0.25) is 5.82 Å². The molecule has 0 aromatic carbocycles. The van der Waals surface area contributed by atoms with E-state index in [-0.39, 0.29) is 11.6 Å². The second kappa shape index (κ2) is 4.69. The minimum Gasteiger partial charge on any atom is -0.475 e. The van der Waals surface area contributed by atoms with E-state index in [0.717, 1.165) is 6.42 Å². The highest BCUT2D eigenvalue weighted by Gasteiger charge is 2.18. The molecule has 0 radical (unpaired) electrons. The first-order chi connectivity index (χ1) is 7.47. The normalized spacial score (nSPS) is 12.1. The molecule has 0 aliphatic heterocycles. The number of carboxylic acid groups (broad SMARTS) is 1. The van der Waals surface area contributed by atoms with Crippen LogP contribution in [0.5, 0.6) is 0 Å². The van der Waals surface area contributed by atoms with Crippen LogP contribution in [0.4, 0.5) is 0 Å². The summed E-state index contributed by atoms with van der Waals surface area (Å²) in [5.74, 6) is -2.37. The van der Waals surface area contributed by atoms with Gasteiger partial charge in [0.1, 0.15) is 5.69 Å². The number of hydrogen-bond donors (Lipinski definition) is 2. The number of carboxylic acids is 1. The number of carbonyl (C=O) groups excluding carboxylic acids is 1. The standard InChI is InChI=1S/C10H13N3O3/c1-3-5(2)6-4-12-9(10(15)16)13-7(6)8(11)14/h4-5H,3H2,1-2H3,(H2,11,14)(H,15,16). The zero-order valence-corrected chi connectivity index (χ0v) is 9.10. The molecule has 6 nitrogen and oxygen atoms in total. The van der Waals surface area contributed by atoms with E-state index in [9.17, 15) is 9.59 Å². The number of hydrogen-bond acceptors (Lipinski definition) is 4. The van der Waals surface area contributed by atoms with Crippen molar-refractivity contribution in [1.29, 1.82) is 0 Å². The average molecular weight is 223 g/mol. The Morgan fingerprint density at radius 3 is 2.62 bits per heavy atom. The van der Waals surface area contributed by atoms with Crippen LogP contribution in [-0.2, 0) is 0 Å². The molecule has 1 atom stereocenters. The molecule has 86 valence electrons. The van der Waals surface area contributed by atoms with Crippen molar-refractivity contribution < 1.29 is 14.7 Å². The Morgan fingerprint density at radius 2 is 2.19 bits per heavy atom. The van der Waals surface area contributed by atoms with Crippen molar-refractivity contribution in [2.24, 2.45) is 5.73 Å². The Balaban J connectivity index is 3.30. The van der Waals surface area contributed by atoms with Crippen LogP contribution >= 0.6 is 0 Å². The Morgan fingerprint density at radius 1 is 1.56 bits per heavy atom. The Bertz CT molecular complexity index is 431. The number of rotatable bonds is 4. The van der Waals surface area contributed by atoms with E-state index < -0.39 is 17.7 Å².